The quantitative estimate of drug-likeness (QED) is 0.311. The molecule has 0 aliphatic carbocycles. The van der Waals surface area contributed by atoms with Gasteiger partial charge >= 0.3 is 0 Å². The molecule has 1 N–H and O–H groups in total. The first-order chi connectivity index (χ1) is 14.2. The van der Waals surface area contributed by atoms with Crippen molar-refractivity contribution >= 4 is 11.7 Å². The predicted molar refractivity (Wildman–Crippen MR) is 130 cm³/mol. The molecule has 0 radical (unpaired) electrons. The zero-order valence-electron chi connectivity index (χ0n) is 20.1. The second-order valence-electron chi connectivity index (χ2n) is 8.88. The second kappa shape index (κ2) is 17.8. The van der Waals surface area contributed by atoms with Crippen molar-refractivity contribution in [1.29, 1.82) is 0 Å². The molecular weight excluding hydrogens is 356 g/mol. The van der Waals surface area contributed by atoms with Gasteiger partial charge in [0.25, 0.3) is 0 Å². The topological polar surface area (TPSA) is 40.0 Å². The molecule has 0 saturated heterocycles. The highest BCUT2D eigenvalue weighted by atomic mass is 15.3. The molecule has 0 bridgehead atoms. The van der Waals surface area contributed by atoms with E-state index in [4.69, 9.17) is 0 Å². The Balaban J connectivity index is 0.000000296. The van der Waals surface area contributed by atoms with Crippen molar-refractivity contribution in [3.63, 3.8) is 0 Å². The van der Waals surface area contributed by atoms with Crippen LogP contribution in [-0.2, 0) is 0 Å². The van der Waals surface area contributed by atoms with Gasteiger partial charge in [0.15, 0.2) is 0 Å². The molecule has 0 spiro atoms. The van der Waals surface area contributed by atoms with Gasteiger partial charge in [0.05, 0.1) is 24.8 Å². The largest absolute Gasteiger partial charge is 0.372 e. The summed E-state index contributed by atoms with van der Waals surface area (Å²) in [7, 11) is 0. The van der Waals surface area contributed by atoms with Crippen LogP contribution in [0.2, 0.25) is 0 Å². The van der Waals surface area contributed by atoms with Gasteiger partial charge in [-0.2, -0.15) is 0 Å². The molecule has 0 fully saturated rings. The summed E-state index contributed by atoms with van der Waals surface area (Å²) >= 11 is 0. The van der Waals surface area contributed by atoms with E-state index in [1.54, 1.807) is 0 Å². The maximum atomic E-state index is 4.55. The van der Waals surface area contributed by atoms with Crippen LogP contribution in [0.25, 0.3) is 0 Å². The van der Waals surface area contributed by atoms with Crippen LogP contribution < -0.4 is 5.32 Å². The minimum absolute atomic E-state index is 0.628. The summed E-state index contributed by atoms with van der Waals surface area (Å²) < 4.78 is 0. The molecule has 29 heavy (non-hydrogen) atoms. The Bertz CT molecular complexity index is 442. The lowest BCUT2D eigenvalue weighted by Crippen LogP contribution is -2.34. The van der Waals surface area contributed by atoms with Crippen LogP contribution in [-0.4, -0.2) is 48.8 Å². The Kier molecular flexibility index (Phi) is 15.9. The molecule has 0 aromatic heterocycles. The molecule has 0 amide bonds. The molecule has 170 valence electrons. The Labute approximate surface area is 182 Å². The number of nitrogens with zero attached hydrogens (tertiary/aromatic N) is 3. The van der Waals surface area contributed by atoms with Gasteiger partial charge in [-0.25, -0.2) is 0 Å². The minimum Gasteiger partial charge on any atom is -0.372 e. The summed E-state index contributed by atoms with van der Waals surface area (Å²) in [6.45, 7) is 13.2. The lowest BCUT2D eigenvalue weighted by atomic mass is 10.1. The van der Waals surface area contributed by atoms with Crippen molar-refractivity contribution in [2.24, 2.45) is 9.98 Å². The smallest absolute Gasteiger partial charge is 0.0992 e. The van der Waals surface area contributed by atoms with Crippen LogP contribution in [0.15, 0.2) is 9.98 Å². The second-order valence-corrected chi connectivity index (χ2v) is 8.88. The lowest BCUT2D eigenvalue weighted by molar-refractivity contribution is 0.373. The molecule has 0 saturated carbocycles. The Morgan fingerprint density at radius 2 is 1.34 bits per heavy atom. The van der Waals surface area contributed by atoms with Crippen molar-refractivity contribution in [1.82, 2.24) is 10.2 Å². The van der Waals surface area contributed by atoms with E-state index < -0.39 is 0 Å². The van der Waals surface area contributed by atoms with E-state index in [1.807, 2.05) is 0 Å². The number of hydrogen-bond donors (Lipinski definition) is 1. The van der Waals surface area contributed by atoms with Crippen LogP contribution >= 0.6 is 0 Å². The van der Waals surface area contributed by atoms with E-state index in [0.29, 0.717) is 6.04 Å². The molecule has 2 heterocycles. The third-order valence-electron chi connectivity index (χ3n) is 5.85. The van der Waals surface area contributed by atoms with Crippen molar-refractivity contribution in [2.45, 2.75) is 124 Å². The number of rotatable bonds is 15. The zero-order chi connectivity index (χ0) is 21.2. The van der Waals surface area contributed by atoms with Crippen LogP contribution in [0.3, 0.4) is 0 Å². The first-order valence-corrected chi connectivity index (χ1v) is 12.8. The van der Waals surface area contributed by atoms with Crippen molar-refractivity contribution in [3.8, 4) is 0 Å². The number of hydrogen-bond acceptors (Lipinski definition) is 4. The molecule has 0 atom stereocenters. The highest BCUT2D eigenvalue weighted by Crippen LogP contribution is 2.13. The molecule has 0 unspecified atom stereocenters. The van der Waals surface area contributed by atoms with Crippen LogP contribution in [0.5, 0.6) is 0 Å². The Morgan fingerprint density at radius 1 is 0.759 bits per heavy atom. The van der Waals surface area contributed by atoms with E-state index >= 15 is 0 Å². The molecule has 0 aromatic carbocycles. The average molecular weight is 407 g/mol. The molecule has 2 aliphatic heterocycles. The first-order valence-electron chi connectivity index (χ1n) is 12.8. The molecule has 4 heteroatoms. The van der Waals surface area contributed by atoms with Gasteiger partial charge < -0.3 is 10.2 Å². The van der Waals surface area contributed by atoms with Crippen LogP contribution in [0, 0.1) is 0 Å². The van der Waals surface area contributed by atoms with Gasteiger partial charge in [0, 0.05) is 32.0 Å². The summed E-state index contributed by atoms with van der Waals surface area (Å²) in [5.41, 5.74) is 0. The predicted octanol–water partition coefficient (Wildman–Crippen LogP) is 6.60. The van der Waals surface area contributed by atoms with Crippen molar-refractivity contribution < 1.29 is 0 Å². The van der Waals surface area contributed by atoms with Crippen molar-refractivity contribution in [2.75, 3.05) is 26.2 Å². The van der Waals surface area contributed by atoms with Crippen LogP contribution in [0.4, 0.5) is 0 Å². The van der Waals surface area contributed by atoms with Gasteiger partial charge in [-0.15, -0.1) is 0 Å². The highest BCUT2D eigenvalue weighted by Gasteiger charge is 2.18. The molecule has 2 aliphatic rings. The number of unbranched alkanes of at least 4 members (excludes halogenated alkanes) is 10. The summed E-state index contributed by atoms with van der Waals surface area (Å²) in [5.74, 6) is 2.60. The summed E-state index contributed by atoms with van der Waals surface area (Å²) in [6.07, 6.45) is 19.0. The van der Waals surface area contributed by atoms with Gasteiger partial charge in [0.1, 0.15) is 0 Å². The average Bonchev–Trinajstić information content (AvgIpc) is 3.39. The van der Waals surface area contributed by atoms with Crippen molar-refractivity contribution in [3.05, 3.63) is 0 Å². The third kappa shape index (κ3) is 13.0. The fourth-order valence-electron chi connectivity index (χ4n) is 4.04. The van der Waals surface area contributed by atoms with E-state index in [0.717, 1.165) is 26.2 Å². The zero-order valence-corrected chi connectivity index (χ0v) is 20.1. The molecule has 4 nitrogen and oxygen atoms in total. The van der Waals surface area contributed by atoms with E-state index in [2.05, 4.69) is 47.9 Å². The van der Waals surface area contributed by atoms with E-state index in [1.165, 1.54) is 102 Å². The molecule has 2 rings (SSSR count). The molecule has 0 aromatic rings. The summed E-state index contributed by atoms with van der Waals surface area (Å²) in [4.78, 5) is 11.4. The highest BCUT2D eigenvalue weighted by molar-refractivity contribution is 5.84. The van der Waals surface area contributed by atoms with Gasteiger partial charge in [-0.3, -0.25) is 9.98 Å². The number of nitrogens with one attached hydrogen (secondary N) is 1. The SMILES string of the molecule is CCCCCC1=NCCN1C(C)C.CCCCCCCCCCCC1=NCCN1. The normalized spacial score (nSPS) is 15.8. The maximum Gasteiger partial charge on any atom is 0.0992 e. The number of aliphatic imine (C=N–C) groups is 2. The molecular formula is C25H50N4. The summed E-state index contributed by atoms with van der Waals surface area (Å²) in [6, 6.07) is 0.628. The summed E-state index contributed by atoms with van der Waals surface area (Å²) in [5, 5.41) is 3.33. The van der Waals surface area contributed by atoms with E-state index in [9.17, 15) is 0 Å². The van der Waals surface area contributed by atoms with Gasteiger partial charge in [-0.1, -0.05) is 78.1 Å². The minimum atomic E-state index is 0.628. The van der Waals surface area contributed by atoms with Crippen LogP contribution in [0.1, 0.15) is 118 Å². The Hall–Kier alpha value is -1.06. The van der Waals surface area contributed by atoms with Gasteiger partial charge in [-0.05, 0) is 26.7 Å². The van der Waals surface area contributed by atoms with E-state index in [-0.39, 0.29) is 0 Å². The van der Waals surface area contributed by atoms with Gasteiger partial charge in [0.2, 0.25) is 0 Å². The number of amidine groups is 2. The Morgan fingerprint density at radius 3 is 1.93 bits per heavy atom. The third-order valence-corrected chi connectivity index (χ3v) is 5.85. The first kappa shape index (κ1) is 26.0. The maximum absolute atomic E-state index is 4.55. The monoisotopic (exact) mass is 406 g/mol. The fourth-order valence-corrected chi connectivity index (χ4v) is 4.04. The lowest BCUT2D eigenvalue weighted by Gasteiger charge is -2.24. The fraction of sp³-hybridized carbons (Fsp3) is 0.920. The standard InChI is InChI=1S/C14H28N2.C11H22N2/c1-2-3-4-5-6-7-8-9-10-11-14-15-12-13-16-14;1-4-5-6-7-11-12-8-9-13(11)10(2)3/h2-13H2,1H3,(H,15,16);10H,4-9H2,1-3H3.